The summed E-state index contributed by atoms with van der Waals surface area (Å²) in [6, 6.07) is 9.81. The van der Waals surface area contributed by atoms with Gasteiger partial charge in [-0.25, -0.2) is 4.98 Å². The second kappa shape index (κ2) is 7.07. The van der Waals surface area contributed by atoms with Crippen LogP contribution in [0.15, 0.2) is 36.5 Å². The molecule has 0 saturated carbocycles. The quantitative estimate of drug-likeness (QED) is 0.882. The molecular formula is C18H23N3O. The van der Waals surface area contributed by atoms with Gasteiger partial charge in [0.15, 0.2) is 0 Å². The molecule has 0 unspecified atom stereocenters. The lowest BCUT2D eigenvalue weighted by atomic mass is 10.1. The number of amides is 1. The van der Waals surface area contributed by atoms with Gasteiger partial charge in [-0.05, 0) is 55.2 Å². The van der Waals surface area contributed by atoms with Crippen molar-refractivity contribution in [2.75, 3.05) is 11.9 Å². The average molecular weight is 297 g/mol. The number of rotatable bonds is 5. The minimum Gasteiger partial charge on any atom is -0.354 e. The Morgan fingerprint density at radius 3 is 2.41 bits per heavy atom. The van der Waals surface area contributed by atoms with Gasteiger partial charge < -0.3 is 10.6 Å². The fraction of sp³-hybridized carbons (Fsp3) is 0.333. The predicted molar refractivity (Wildman–Crippen MR) is 90.6 cm³/mol. The summed E-state index contributed by atoms with van der Waals surface area (Å²) >= 11 is 0. The number of pyridine rings is 1. The van der Waals surface area contributed by atoms with Crippen LogP contribution in [0.4, 0.5) is 11.4 Å². The van der Waals surface area contributed by atoms with Crippen molar-refractivity contribution < 1.29 is 4.79 Å². The number of anilines is 2. The van der Waals surface area contributed by atoms with Crippen LogP contribution in [0.3, 0.4) is 0 Å². The Morgan fingerprint density at radius 1 is 1.09 bits per heavy atom. The Kier molecular flexibility index (Phi) is 5.15. The fourth-order valence-electron chi connectivity index (χ4n) is 1.98. The molecule has 0 aliphatic rings. The molecule has 22 heavy (non-hydrogen) atoms. The highest BCUT2D eigenvalue weighted by molar-refractivity contribution is 5.92. The minimum atomic E-state index is -0.133. The third kappa shape index (κ3) is 4.32. The largest absolute Gasteiger partial charge is 0.354 e. The third-order valence-corrected chi connectivity index (χ3v) is 3.46. The lowest BCUT2D eigenvalue weighted by molar-refractivity contribution is 0.0944. The van der Waals surface area contributed by atoms with Gasteiger partial charge >= 0.3 is 0 Å². The lowest BCUT2D eigenvalue weighted by Crippen LogP contribution is -2.27. The van der Waals surface area contributed by atoms with E-state index in [0.29, 0.717) is 18.2 Å². The van der Waals surface area contributed by atoms with Gasteiger partial charge in [-0.2, -0.15) is 0 Å². The smallest absolute Gasteiger partial charge is 0.269 e. The minimum absolute atomic E-state index is 0.133. The molecule has 2 N–H and O–H groups in total. The summed E-state index contributed by atoms with van der Waals surface area (Å²) in [6.07, 6.45) is 1.68. The van der Waals surface area contributed by atoms with Crippen LogP contribution in [0.2, 0.25) is 0 Å². The Bertz CT molecular complexity index is 648. The van der Waals surface area contributed by atoms with E-state index < -0.39 is 0 Å². The summed E-state index contributed by atoms with van der Waals surface area (Å²) in [5, 5.41) is 6.15. The number of benzene rings is 1. The van der Waals surface area contributed by atoms with Gasteiger partial charge in [0.05, 0.1) is 11.9 Å². The van der Waals surface area contributed by atoms with E-state index >= 15 is 0 Å². The van der Waals surface area contributed by atoms with Crippen molar-refractivity contribution >= 4 is 17.3 Å². The number of nitrogens with zero attached hydrogens (tertiary/aromatic N) is 1. The summed E-state index contributed by atoms with van der Waals surface area (Å²) in [5.41, 5.74) is 4.82. The van der Waals surface area contributed by atoms with Gasteiger partial charge in [0.1, 0.15) is 5.69 Å². The molecule has 0 bridgehead atoms. The summed E-state index contributed by atoms with van der Waals surface area (Å²) in [5.74, 6) is 0.293. The zero-order chi connectivity index (χ0) is 16.1. The van der Waals surface area contributed by atoms with Crippen LogP contribution in [0, 0.1) is 19.8 Å². The molecule has 1 aromatic carbocycles. The lowest BCUT2D eigenvalue weighted by Gasteiger charge is -2.10. The van der Waals surface area contributed by atoms with Crippen LogP contribution in [0.25, 0.3) is 0 Å². The maximum Gasteiger partial charge on any atom is 0.269 e. The van der Waals surface area contributed by atoms with E-state index in [0.717, 1.165) is 11.4 Å². The van der Waals surface area contributed by atoms with Crippen LogP contribution >= 0.6 is 0 Å². The molecule has 1 heterocycles. The van der Waals surface area contributed by atoms with E-state index in [1.807, 2.05) is 12.1 Å². The third-order valence-electron chi connectivity index (χ3n) is 3.46. The van der Waals surface area contributed by atoms with Crippen LogP contribution in [-0.2, 0) is 0 Å². The number of aryl methyl sites for hydroxylation is 2. The first-order chi connectivity index (χ1) is 10.5. The topological polar surface area (TPSA) is 54.0 Å². The van der Waals surface area contributed by atoms with Gasteiger partial charge in [-0.3, -0.25) is 4.79 Å². The van der Waals surface area contributed by atoms with Crippen molar-refractivity contribution in [3.05, 3.63) is 53.3 Å². The normalized spacial score (nSPS) is 10.6. The van der Waals surface area contributed by atoms with Crippen molar-refractivity contribution in [3.63, 3.8) is 0 Å². The van der Waals surface area contributed by atoms with Gasteiger partial charge in [0, 0.05) is 12.2 Å². The average Bonchev–Trinajstić information content (AvgIpc) is 2.49. The summed E-state index contributed by atoms with van der Waals surface area (Å²) in [6.45, 7) is 8.95. The summed E-state index contributed by atoms with van der Waals surface area (Å²) in [4.78, 5) is 16.1. The standard InChI is InChI=1S/C18H23N3O/c1-12(2)10-20-18(22)17-8-7-16(11-19-17)21-15-6-5-13(3)14(4)9-15/h5-9,11-12,21H,10H2,1-4H3,(H,20,22). The van der Waals surface area contributed by atoms with Crippen molar-refractivity contribution in [2.45, 2.75) is 27.7 Å². The first-order valence-electron chi connectivity index (χ1n) is 7.54. The Hall–Kier alpha value is -2.36. The van der Waals surface area contributed by atoms with Crippen LogP contribution in [0.5, 0.6) is 0 Å². The molecular weight excluding hydrogens is 274 g/mol. The molecule has 0 spiro atoms. The molecule has 0 aliphatic carbocycles. The van der Waals surface area contributed by atoms with E-state index in [1.54, 1.807) is 12.3 Å². The first-order valence-corrected chi connectivity index (χ1v) is 7.54. The zero-order valence-electron chi connectivity index (χ0n) is 13.6. The van der Waals surface area contributed by atoms with Crippen LogP contribution in [-0.4, -0.2) is 17.4 Å². The Balaban J connectivity index is 2.02. The number of nitrogens with one attached hydrogen (secondary N) is 2. The molecule has 2 aromatic rings. The maximum atomic E-state index is 11.9. The molecule has 0 atom stereocenters. The van der Waals surface area contributed by atoms with Gasteiger partial charge in [0.25, 0.3) is 5.91 Å². The monoisotopic (exact) mass is 297 g/mol. The molecule has 0 saturated heterocycles. The number of hydrogen-bond donors (Lipinski definition) is 2. The van der Waals surface area contributed by atoms with Crippen molar-refractivity contribution in [1.82, 2.24) is 10.3 Å². The highest BCUT2D eigenvalue weighted by Gasteiger charge is 2.07. The highest BCUT2D eigenvalue weighted by Crippen LogP contribution is 2.19. The Morgan fingerprint density at radius 2 is 1.82 bits per heavy atom. The number of carbonyl (C=O) groups excluding carboxylic acids is 1. The molecule has 1 aromatic heterocycles. The molecule has 116 valence electrons. The van der Waals surface area contributed by atoms with E-state index in [2.05, 4.69) is 55.4 Å². The van der Waals surface area contributed by atoms with Crippen LogP contribution < -0.4 is 10.6 Å². The predicted octanol–water partition coefficient (Wildman–Crippen LogP) is 3.83. The maximum absolute atomic E-state index is 11.9. The van der Waals surface area contributed by atoms with E-state index in [4.69, 9.17) is 0 Å². The molecule has 4 heteroatoms. The fourth-order valence-corrected chi connectivity index (χ4v) is 1.98. The van der Waals surface area contributed by atoms with Crippen molar-refractivity contribution in [2.24, 2.45) is 5.92 Å². The van der Waals surface area contributed by atoms with Crippen molar-refractivity contribution in [3.8, 4) is 0 Å². The SMILES string of the molecule is Cc1ccc(Nc2ccc(C(=O)NCC(C)C)nc2)cc1C. The van der Waals surface area contributed by atoms with E-state index in [1.165, 1.54) is 11.1 Å². The highest BCUT2D eigenvalue weighted by atomic mass is 16.1. The summed E-state index contributed by atoms with van der Waals surface area (Å²) in [7, 11) is 0. The number of aromatic nitrogens is 1. The van der Waals surface area contributed by atoms with Gasteiger partial charge in [0.2, 0.25) is 0 Å². The Labute approximate surface area is 132 Å². The molecule has 0 aliphatic heterocycles. The number of hydrogen-bond acceptors (Lipinski definition) is 3. The first kappa shape index (κ1) is 16.0. The summed E-state index contributed by atoms with van der Waals surface area (Å²) < 4.78 is 0. The van der Waals surface area contributed by atoms with Crippen molar-refractivity contribution in [1.29, 1.82) is 0 Å². The van der Waals surface area contributed by atoms with Crippen LogP contribution in [0.1, 0.15) is 35.5 Å². The second-order valence-corrected chi connectivity index (χ2v) is 5.96. The van der Waals surface area contributed by atoms with Gasteiger partial charge in [-0.15, -0.1) is 0 Å². The molecule has 0 radical (unpaired) electrons. The molecule has 2 rings (SSSR count). The van der Waals surface area contributed by atoms with E-state index in [9.17, 15) is 4.79 Å². The van der Waals surface area contributed by atoms with Gasteiger partial charge in [-0.1, -0.05) is 19.9 Å². The molecule has 1 amide bonds. The number of carbonyl (C=O) groups is 1. The molecule has 4 nitrogen and oxygen atoms in total. The zero-order valence-corrected chi connectivity index (χ0v) is 13.6. The molecule has 0 fully saturated rings. The second-order valence-electron chi connectivity index (χ2n) is 5.96. The van der Waals surface area contributed by atoms with E-state index in [-0.39, 0.29) is 5.91 Å².